The Morgan fingerprint density at radius 1 is 1.38 bits per heavy atom. The van der Waals surface area contributed by atoms with E-state index < -0.39 is 0 Å². The van der Waals surface area contributed by atoms with Gasteiger partial charge in [-0.3, -0.25) is 0 Å². The summed E-state index contributed by atoms with van der Waals surface area (Å²) in [5.74, 6) is 1.55. The molecule has 2 aliphatic rings. The molecule has 0 bridgehead atoms. The van der Waals surface area contributed by atoms with Crippen LogP contribution in [-0.4, -0.2) is 43.1 Å². The van der Waals surface area contributed by atoms with Gasteiger partial charge in [-0.15, -0.1) is 11.6 Å². The van der Waals surface area contributed by atoms with Crippen molar-refractivity contribution in [2.45, 2.75) is 25.4 Å². The molecule has 0 amide bonds. The van der Waals surface area contributed by atoms with Crippen LogP contribution in [0.4, 0.5) is 0 Å². The van der Waals surface area contributed by atoms with Crippen LogP contribution in [0.5, 0.6) is 0 Å². The number of halogens is 1. The lowest BCUT2D eigenvalue weighted by Gasteiger charge is -2.19. The summed E-state index contributed by atoms with van der Waals surface area (Å²) >= 11 is 5.83. The minimum absolute atomic E-state index is 0.508. The number of ether oxygens (including phenoxy) is 1. The summed E-state index contributed by atoms with van der Waals surface area (Å²) in [5.41, 5.74) is 0. The van der Waals surface area contributed by atoms with Crippen molar-refractivity contribution < 1.29 is 4.74 Å². The number of rotatable bonds is 3. The van der Waals surface area contributed by atoms with Crippen LogP contribution in [-0.2, 0) is 4.74 Å². The van der Waals surface area contributed by atoms with Gasteiger partial charge in [-0.25, -0.2) is 0 Å². The van der Waals surface area contributed by atoms with Gasteiger partial charge in [0.25, 0.3) is 0 Å². The zero-order valence-electron chi connectivity index (χ0n) is 8.04. The first kappa shape index (κ1) is 9.75. The molecule has 0 radical (unpaired) electrons. The summed E-state index contributed by atoms with van der Waals surface area (Å²) in [7, 11) is 0. The van der Waals surface area contributed by atoms with Crippen molar-refractivity contribution in [3.63, 3.8) is 0 Å². The first-order valence-electron chi connectivity index (χ1n) is 5.28. The molecule has 0 aromatic rings. The summed E-state index contributed by atoms with van der Waals surface area (Å²) in [6, 6.07) is 0. The topological polar surface area (TPSA) is 12.5 Å². The third kappa shape index (κ3) is 2.58. The van der Waals surface area contributed by atoms with Gasteiger partial charge in [0, 0.05) is 25.6 Å². The Labute approximate surface area is 85.2 Å². The van der Waals surface area contributed by atoms with Gasteiger partial charge in [0.1, 0.15) is 0 Å². The highest BCUT2D eigenvalue weighted by atomic mass is 35.5. The van der Waals surface area contributed by atoms with Gasteiger partial charge in [0.05, 0.1) is 6.10 Å². The molecular weight excluding hydrogens is 186 g/mol. The van der Waals surface area contributed by atoms with E-state index in [-0.39, 0.29) is 0 Å². The zero-order chi connectivity index (χ0) is 9.10. The molecule has 2 unspecified atom stereocenters. The Bertz CT molecular complexity index is 159. The van der Waals surface area contributed by atoms with Crippen molar-refractivity contribution in [2.24, 2.45) is 5.92 Å². The van der Waals surface area contributed by atoms with Crippen LogP contribution >= 0.6 is 11.6 Å². The number of hydrogen-bond donors (Lipinski definition) is 0. The van der Waals surface area contributed by atoms with E-state index in [1.807, 2.05) is 0 Å². The second-order valence-electron chi connectivity index (χ2n) is 4.20. The molecular formula is C10H18ClNO. The number of alkyl halides is 1. The summed E-state index contributed by atoms with van der Waals surface area (Å²) in [4.78, 5) is 2.50. The lowest BCUT2D eigenvalue weighted by molar-refractivity contribution is 0.0798. The second kappa shape index (κ2) is 4.63. The maximum atomic E-state index is 5.83. The molecule has 0 spiro atoms. The monoisotopic (exact) mass is 203 g/mol. The average Bonchev–Trinajstić information content (AvgIpc) is 2.76. The molecule has 13 heavy (non-hydrogen) atoms. The molecule has 2 rings (SSSR count). The molecule has 0 aromatic heterocycles. The zero-order valence-corrected chi connectivity index (χ0v) is 8.80. The molecule has 2 fully saturated rings. The van der Waals surface area contributed by atoms with Crippen LogP contribution in [0.2, 0.25) is 0 Å². The van der Waals surface area contributed by atoms with E-state index in [0.29, 0.717) is 6.10 Å². The minimum Gasteiger partial charge on any atom is -0.377 e. The maximum Gasteiger partial charge on any atom is 0.0702 e. The molecule has 2 saturated heterocycles. The summed E-state index contributed by atoms with van der Waals surface area (Å²) < 4.78 is 5.61. The van der Waals surface area contributed by atoms with Crippen LogP contribution in [0.25, 0.3) is 0 Å². The summed E-state index contributed by atoms with van der Waals surface area (Å²) in [6.07, 6.45) is 4.28. The van der Waals surface area contributed by atoms with E-state index in [1.165, 1.54) is 32.4 Å². The molecule has 3 heteroatoms. The van der Waals surface area contributed by atoms with Gasteiger partial charge < -0.3 is 9.64 Å². The average molecular weight is 204 g/mol. The fraction of sp³-hybridized carbons (Fsp3) is 1.00. The predicted molar refractivity (Wildman–Crippen MR) is 54.2 cm³/mol. The van der Waals surface area contributed by atoms with Gasteiger partial charge in [-0.05, 0) is 31.7 Å². The van der Waals surface area contributed by atoms with Crippen molar-refractivity contribution >= 4 is 11.6 Å². The minimum atomic E-state index is 0.508. The summed E-state index contributed by atoms with van der Waals surface area (Å²) in [6.45, 7) is 4.51. The van der Waals surface area contributed by atoms with E-state index >= 15 is 0 Å². The van der Waals surface area contributed by atoms with Gasteiger partial charge in [0.2, 0.25) is 0 Å². The molecule has 0 N–H and O–H groups in total. The molecule has 2 heterocycles. The molecule has 76 valence electrons. The standard InChI is InChI=1S/C10H18ClNO/c11-6-9-3-4-12(7-9)8-10-2-1-5-13-10/h9-10H,1-8H2. The third-order valence-electron chi connectivity index (χ3n) is 3.07. The predicted octanol–water partition coefficient (Wildman–Crippen LogP) is 1.73. The lowest BCUT2D eigenvalue weighted by Crippen LogP contribution is -2.30. The normalized spacial score (nSPS) is 35.8. The van der Waals surface area contributed by atoms with Gasteiger partial charge in [0.15, 0.2) is 0 Å². The first-order chi connectivity index (χ1) is 6.38. The molecule has 0 saturated carbocycles. The fourth-order valence-electron chi connectivity index (χ4n) is 2.28. The molecule has 0 aliphatic carbocycles. The highest BCUT2D eigenvalue weighted by molar-refractivity contribution is 6.18. The fourth-order valence-corrected chi connectivity index (χ4v) is 2.53. The van der Waals surface area contributed by atoms with Crippen LogP contribution < -0.4 is 0 Å². The Balaban J connectivity index is 1.70. The van der Waals surface area contributed by atoms with E-state index in [1.54, 1.807) is 0 Å². The SMILES string of the molecule is ClCC1CCN(CC2CCCO2)C1. The van der Waals surface area contributed by atoms with E-state index in [9.17, 15) is 0 Å². The molecule has 2 aliphatic heterocycles. The van der Waals surface area contributed by atoms with Crippen molar-refractivity contribution in [3.8, 4) is 0 Å². The Hall–Kier alpha value is 0.210. The van der Waals surface area contributed by atoms with Crippen molar-refractivity contribution in [2.75, 3.05) is 32.1 Å². The number of hydrogen-bond acceptors (Lipinski definition) is 2. The van der Waals surface area contributed by atoms with E-state index in [0.717, 1.165) is 24.9 Å². The molecule has 2 nitrogen and oxygen atoms in total. The van der Waals surface area contributed by atoms with Crippen LogP contribution in [0.3, 0.4) is 0 Å². The van der Waals surface area contributed by atoms with Crippen molar-refractivity contribution in [1.82, 2.24) is 4.90 Å². The molecule has 0 aromatic carbocycles. The lowest BCUT2D eigenvalue weighted by atomic mass is 10.2. The third-order valence-corrected chi connectivity index (χ3v) is 3.51. The van der Waals surface area contributed by atoms with Gasteiger partial charge in [-0.1, -0.05) is 0 Å². The Morgan fingerprint density at radius 3 is 2.92 bits per heavy atom. The van der Waals surface area contributed by atoms with Crippen molar-refractivity contribution in [3.05, 3.63) is 0 Å². The van der Waals surface area contributed by atoms with Crippen LogP contribution in [0.15, 0.2) is 0 Å². The van der Waals surface area contributed by atoms with Crippen LogP contribution in [0.1, 0.15) is 19.3 Å². The smallest absolute Gasteiger partial charge is 0.0702 e. The largest absolute Gasteiger partial charge is 0.377 e. The molecule has 2 atom stereocenters. The Kier molecular flexibility index (Phi) is 3.47. The highest BCUT2D eigenvalue weighted by Gasteiger charge is 2.25. The van der Waals surface area contributed by atoms with Crippen LogP contribution in [0, 0.1) is 5.92 Å². The van der Waals surface area contributed by atoms with E-state index in [2.05, 4.69) is 4.90 Å². The van der Waals surface area contributed by atoms with Crippen molar-refractivity contribution in [1.29, 1.82) is 0 Å². The number of nitrogens with zero attached hydrogens (tertiary/aromatic N) is 1. The van der Waals surface area contributed by atoms with E-state index in [4.69, 9.17) is 16.3 Å². The quantitative estimate of drug-likeness (QED) is 0.648. The van der Waals surface area contributed by atoms with Gasteiger partial charge in [-0.2, -0.15) is 0 Å². The second-order valence-corrected chi connectivity index (χ2v) is 4.51. The number of likely N-dealkylation sites (tertiary alicyclic amines) is 1. The highest BCUT2D eigenvalue weighted by Crippen LogP contribution is 2.20. The maximum absolute atomic E-state index is 5.83. The summed E-state index contributed by atoms with van der Waals surface area (Å²) in [5, 5.41) is 0. The Morgan fingerprint density at radius 2 is 2.31 bits per heavy atom. The first-order valence-corrected chi connectivity index (χ1v) is 5.82. The van der Waals surface area contributed by atoms with Gasteiger partial charge >= 0.3 is 0 Å².